The number of hydrogen-bond donors (Lipinski definition) is 0. The summed E-state index contributed by atoms with van der Waals surface area (Å²) in [7, 11) is 0. The molecule has 0 atom stereocenters. The van der Waals surface area contributed by atoms with Crippen molar-refractivity contribution in [2.45, 2.75) is 83.4 Å². The molecule has 32 heteroatoms. The van der Waals surface area contributed by atoms with Crippen LogP contribution in [0.15, 0.2) is 11.6 Å². The van der Waals surface area contributed by atoms with E-state index in [9.17, 15) is 132 Å². The summed E-state index contributed by atoms with van der Waals surface area (Å²) in [4.78, 5) is 10.7. The smallest absolute Gasteiger partial charge is 0.392 e. The van der Waals surface area contributed by atoms with E-state index in [1.807, 2.05) is 4.74 Å². The Hall–Kier alpha value is -2.53. The van der Waals surface area contributed by atoms with Gasteiger partial charge in [-0.05, 0) is 0 Å². The first-order valence-electron chi connectivity index (χ1n) is 10.1. The number of alkyl halides is 29. The highest BCUT2D eigenvalue weighted by molar-refractivity contribution is 6.40. The molecule has 0 saturated heterocycles. The second-order valence-corrected chi connectivity index (χ2v) is 9.16. The van der Waals surface area contributed by atoms with Gasteiger partial charge in [0, 0.05) is 0 Å². The van der Waals surface area contributed by atoms with Crippen molar-refractivity contribution in [2.75, 3.05) is 0 Å². The first kappa shape index (κ1) is 46.5. The Balaban J connectivity index is 7.55. The molecule has 0 unspecified atom stereocenters. The molecule has 0 aliphatic rings. The summed E-state index contributed by atoms with van der Waals surface area (Å²) >= 11 is 4.43. The maximum Gasteiger partial charge on any atom is 0.473 e. The molecule has 0 heterocycles. The van der Waals surface area contributed by atoms with E-state index in [0.717, 1.165) is 0 Å². The van der Waals surface area contributed by atoms with Crippen molar-refractivity contribution in [3.8, 4) is 0 Å². The van der Waals surface area contributed by atoms with Crippen molar-refractivity contribution < 1.29 is 137 Å². The predicted molar refractivity (Wildman–Crippen MR) is 91.5 cm³/mol. The molecular formula is C17H2ClF29O2. The van der Waals surface area contributed by atoms with Crippen LogP contribution in [0, 0.1) is 0 Å². The molecule has 0 aromatic carbocycles. The molecular weight excluding hydrogens is 823 g/mol. The summed E-state index contributed by atoms with van der Waals surface area (Å²) in [6, 6.07) is 0. The quantitative estimate of drug-likeness (QED) is 0.0991. The van der Waals surface area contributed by atoms with Gasteiger partial charge in [-0.1, -0.05) is 18.2 Å². The highest BCUT2D eigenvalue weighted by Crippen LogP contribution is 2.69. The average Bonchev–Trinajstić information content (AvgIpc) is 2.86. The third-order valence-electron chi connectivity index (χ3n) is 5.50. The van der Waals surface area contributed by atoms with Crippen LogP contribution in [0.2, 0.25) is 0 Å². The Morgan fingerprint density at radius 1 is 0.347 bits per heavy atom. The van der Waals surface area contributed by atoms with E-state index in [0.29, 0.717) is 0 Å². The minimum atomic E-state index is -10.0. The van der Waals surface area contributed by atoms with Crippen LogP contribution in [0.1, 0.15) is 0 Å². The van der Waals surface area contributed by atoms with Crippen LogP contribution < -0.4 is 0 Å². The second-order valence-electron chi connectivity index (χ2n) is 8.70. The molecule has 2 nitrogen and oxygen atoms in total. The number of esters is 1. The number of halogens is 30. The van der Waals surface area contributed by atoms with Gasteiger partial charge in [-0.2, -0.15) is 127 Å². The van der Waals surface area contributed by atoms with Crippen LogP contribution >= 0.6 is 11.6 Å². The van der Waals surface area contributed by atoms with Crippen molar-refractivity contribution in [1.29, 1.82) is 0 Å². The Morgan fingerprint density at radius 2 is 0.510 bits per heavy atom. The first-order chi connectivity index (χ1) is 20.6. The molecule has 0 radical (unpaired) electrons. The minimum absolute atomic E-state index is 2.05. The zero-order chi connectivity index (χ0) is 40.9. The molecule has 0 aliphatic carbocycles. The SMILES string of the molecule is C=C(Cl)C(=O)OC(F)(F)C(F)(F)C(F)(F)C(F)(F)C(F)(F)C(F)(F)C(F)(F)C(F)(F)C(F)(F)C(F)(F)C(F)(F)C(F)(F)C(F)(F)C(F)(F)F. The molecule has 0 aromatic rings. The van der Waals surface area contributed by atoms with E-state index in [-0.39, 0.29) is 0 Å². The van der Waals surface area contributed by atoms with Crippen LogP contribution in [-0.4, -0.2) is 89.3 Å². The summed E-state index contributed by atoms with van der Waals surface area (Å²) < 4.78 is 390. The van der Waals surface area contributed by atoms with Gasteiger partial charge in [-0.3, -0.25) is 0 Å². The first-order valence-corrected chi connectivity index (χ1v) is 10.5. The average molecular weight is 825 g/mol. The fraction of sp³-hybridized carbons (Fsp3) is 0.824. The van der Waals surface area contributed by atoms with Crippen molar-refractivity contribution in [2.24, 2.45) is 0 Å². The van der Waals surface area contributed by atoms with Gasteiger partial charge in [0.05, 0.1) is 0 Å². The molecule has 49 heavy (non-hydrogen) atoms. The minimum Gasteiger partial charge on any atom is -0.392 e. The molecule has 0 aromatic heterocycles. The molecule has 0 saturated carbocycles. The van der Waals surface area contributed by atoms with Gasteiger partial charge in [-0.25, -0.2) is 4.79 Å². The van der Waals surface area contributed by atoms with Gasteiger partial charge >= 0.3 is 89.3 Å². The fourth-order valence-electron chi connectivity index (χ4n) is 2.57. The zero-order valence-electron chi connectivity index (χ0n) is 20.9. The standard InChI is InChI=1S/C17H2ClF29O2/c1-2(18)3(48)49-17(46,47)15(41,42)13(37,38)11(33,34)9(29,30)7(25,26)5(21,22)4(19,20)6(23,24)8(27,28)10(31,32)12(35,36)14(39,40)16(43,44)45/h1H2. The van der Waals surface area contributed by atoms with E-state index in [2.05, 4.69) is 18.2 Å². The number of hydrogen-bond acceptors (Lipinski definition) is 2. The van der Waals surface area contributed by atoms with Crippen molar-refractivity contribution in [3.63, 3.8) is 0 Å². The fourth-order valence-corrected chi connectivity index (χ4v) is 2.61. The van der Waals surface area contributed by atoms with E-state index >= 15 is 0 Å². The number of carbonyl (C=O) groups is 1. The molecule has 0 amide bonds. The lowest BCUT2D eigenvalue weighted by molar-refractivity contribution is -0.491. The third kappa shape index (κ3) is 5.64. The van der Waals surface area contributed by atoms with Crippen LogP contribution in [-0.2, 0) is 9.53 Å². The van der Waals surface area contributed by atoms with Crippen molar-refractivity contribution >= 4 is 17.6 Å². The van der Waals surface area contributed by atoms with E-state index in [1.54, 1.807) is 0 Å². The Labute approximate surface area is 250 Å². The maximum atomic E-state index is 13.8. The largest absolute Gasteiger partial charge is 0.473 e. The number of rotatable bonds is 14. The van der Waals surface area contributed by atoms with Gasteiger partial charge in [0.2, 0.25) is 0 Å². The molecule has 0 aliphatic heterocycles. The Morgan fingerprint density at radius 3 is 0.673 bits per heavy atom. The summed E-state index contributed by atoms with van der Waals surface area (Å²) in [6.45, 7) is 2.06. The summed E-state index contributed by atoms with van der Waals surface area (Å²) in [5.41, 5.74) is 0. The van der Waals surface area contributed by atoms with E-state index in [1.165, 1.54) is 0 Å². The van der Waals surface area contributed by atoms with E-state index in [4.69, 9.17) is 0 Å². The normalized spacial score (nSPS) is 16.5. The van der Waals surface area contributed by atoms with Crippen molar-refractivity contribution in [3.05, 3.63) is 11.6 Å². The summed E-state index contributed by atoms with van der Waals surface area (Å²) in [5, 5.41) is -2.12. The molecule has 292 valence electrons. The Bertz CT molecular complexity index is 1270. The van der Waals surface area contributed by atoms with Gasteiger partial charge in [-0.15, -0.1) is 0 Å². The lowest BCUT2D eigenvalue weighted by Crippen LogP contribution is -2.79. The van der Waals surface area contributed by atoms with Gasteiger partial charge in [0.25, 0.3) is 0 Å². The molecule has 0 bridgehead atoms. The van der Waals surface area contributed by atoms with Gasteiger partial charge < -0.3 is 4.74 Å². The molecule has 0 N–H and O–H groups in total. The van der Waals surface area contributed by atoms with Crippen molar-refractivity contribution in [1.82, 2.24) is 0 Å². The molecule has 0 fully saturated rings. The number of ether oxygens (including phenoxy) is 1. The Kier molecular flexibility index (Phi) is 10.9. The second kappa shape index (κ2) is 11.5. The maximum absolute atomic E-state index is 13.8. The van der Waals surface area contributed by atoms with Crippen LogP contribution in [0.25, 0.3) is 0 Å². The van der Waals surface area contributed by atoms with Crippen LogP contribution in [0.4, 0.5) is 127 Å². The molecule has 0 spiro atoms. The predicted octanol–water partition coefficient (Wildman–Crippen LogP) is 10.1. The summed E-state index contributed by atoms with van der Waals surface area (Å²) in [6.07, 6.45) is -16.1. The van der Waals surface area contributed by atoms with Gasteiger partial charge in [0.1, 0.15) is 5.03 Å². The lowest BCUT2D eigenvalue weighted by Gasteiger charge is -2.46. The lowest BCUT2D eigenvalue weighted by atomic mass is 9.84. The topological polar surface area (TPSA) is 26.3 Å². The zero-order valence-corrected chi connectivity index (χ0v) is 21.6. The number of carbonyl (C=O) groups excluding carboxylic acids is 1. The van der Waals surface area contributed by atoms with Gasteiger partial charge in [0.15, 0.2) is 0 Å². The monoisotopic (exact) mass is 824 g/mol. The van der Waals surface area contributed by atoms with Crippen LogP contribution in [0.5, 0.6) is 0 Å². The van der Waals surface area contributed by atoms with E-state index < -0.39 is 94.4 Å². The van der Waals surface area contributed by atoms with Crippen LogP contribution in [0.3, 0.4) is 0 Å². The summed E-state index contributed by atoms with van der Waals surface area (Å²) in [5.74, 6) is -118. The third-order valence-corrected chi connectivity index (χ3v) is 5.66. The highest BCUT2D eigenvalue weighted by atomic mass is 35.5. The molecule has 0 rings (SSSR count). The highest BCUT2D eigenvalue weighted by Gasteiger charge is 3.01.